The Kier molecular flexibility index (Phi) is 4.91. The van der Waals surface area contributed by atoms with Crippen LogP contribution in [0, 0.1) is 0 Å². The summed E-state index contributed by atoms with van der Waals surface area (Å²) in [6, 6.07) is 0. The van der Waals surface area contributed by atoms with Crippen molar-refractivity contribution in [2.24, 2.45) is 5.73 Å². The van der Waals surface area contributed by atoms with Gasteiger partial charge in [0.05, 0.1) is 11.7 Å². The minimum Gasteiger partial charge on any atom is -0.371 e. The van der Waals surface area contributed by atoms with Crippen molar-refractivity contribution in [1.82, 2.24) is 4.90 Å². The van der Waals surface area contributed by atoms with Crippen molar-refractivity contribution < 1.29 is 4.74 Å². The zero-order valence-corrected chi connectivity index (χ0v) is 13.1. The Morgan fingerprint density at radius 2 is 1.84 bits per heavy atom. The summed E-state index contributed by atoms with van der Waals surface area (Å²) >= 11 is 0. The summed E-state index contributed by atoms with van der Waals surface area (Å²) in [6.45, 7) is 9.66. The number of hydrogen-bond acceptors (Lipinski definition) is 3. The molecule has 0 aromatic rings. The monoisotopic (exact) mass is 268 g/mol. The van der Waals surface area contributed by atoms with Crippen LogP contribution in [0.4, 0.5) is 0 Å². The quantitative estimate of drug-likeness (QED) is 0.833. The molecule has 2 N–H and O–H groups in total. The van der Waals surface area contributed by atoms with Crippen molar-refractivity contribution in [1.29, 1.82) is 0 Å². The van der Waals surface area contributed by atoms with Crippen molar-refractivity contribution in [2.75, 3.05) is 19.6 Å². The second kappa shape index (κ2) is 6.11. The van der Waals surface area contributed by atoms with Gasteiger partial charge in [-0.3, -0.25) is 4.90 Å². The minimum atomic E-state index is 0.0759. The van der Waals surface area contributed by atoms with Crippen molar-refractivity contribution in [2.45, 2.75) is 83.0 Å². The van der Waals surface area contributed by atoms with E-state index in [1.807, 2.05) is 0 Å². The van der Waals surface area contributed by atoms with Gasteiger partial charge < -0.3 is 10.5 Å². The van der Waals surface area contributed by atoms with Crippen molar-refractivity contribution in [3.05, 3.63) is 0 Å². The van der Waals surface area contributed by atoms with Crippen LogP contribution in [0.2, 0.25) is 0 Å². The predicted octanol–water partition coefficient (Wildman–Crippen LogP) is 2.93. The van der Waals surface area contributed by atoms with Crippen LogP contribution in [0.5, 0.6) is 0 Å². The maximum absolute atomic E-state index is 6.18. The molecule has 2 rings (SSSR count). The first kappa shape index (κ1) is 15.3. The molecule has 0 amide bonds. The Morgan fingerprint density at radius 1 is 1.16 bits per heavy atom. The highest BCUT2D eigenvalue weighted by atomic mass is 16.5. The van der Waals surface area contributed by atoms with Gasteiger partial charge >= 0.3 is 0 Å². The van der Waals surface area contributed by atoms with Crippen LogP contribution in [0.1, 0.15) is 65.7 Å². The number of ether oxygens (including phenoxy) is 1. The smallest absolute Gasteiger partial charge is 0.0710 e. The van der Waals surface area contributed by atoms with Crippen LogP contribution in [0.15, 0.2) is 0 Å². The molecular formula is C16H32N2O. The van der Waals surface area contributed by atoms with E-state index < -0.39 is 0 Å². The molecule has 0 spiro atoms. The molecule has 1 aliphatic heterocycles. The molecular weight excluding hydrogens is 236 g/mol. The van der Waals surface area contributed by atoms with Gasteiger partial charge in [-0.05, 0) is 46.1 Å². The fourth-order valence-electron chi connectivity index (χ4n) is 3.97. The lowest BCUT2D eigenvalue weighted by atomic mass is 9.80. The van der Waals surface area contributed by atoms with E-state index in [4.69, 9.17) is 10.5 Å². The number of likely N-dealkylation sites (N-methyl/N-ethyl adjacent to an activating group) is 1. The van der Waals surface area contributed by atoms with Crippen LogP contribution in [-0.4, -0.2) is 41.8 Å². The van der Waals surface area contributed by atoms with Gasteiger partial charge in [-0.25, -0.2) is 0 Å². The molecule has 1 unspecified atom stereocenters. The molecule has 1 atom stereocenters. The molecule has 0 bridgehead atoms. The first-order valence-electron chi connectivity index (χ1n) is 8.14. The highest BCUT2D eigenvalue weighted by Gasteiger charge is 2.39. The molecule has 0 aromatic carbocycles. The van der Waals surface area contributed by atoms with E-state index in [-0.39, 0.29) is 11.1 Å². The standard InChI is InChI=1S/C16H32N2O/c1-4-18(12-14-8-11-15(2,3)19-14)16(13-17)9-6-5-7-10-16/h14H,4-13,17H2,1-3H3. The third-order valence-electron chi connectivity index (χ3n) is 5.19. The molecule has 3 nitrogen and oxygen atoms in total. The van der Waals surface area contributed by atoms with Crippen molar-refractivity contribution in [3.8, 4) is 0 Å². The Labute approximate surface area is 118 Å². The maximum atomic E-state index is 6.18. The normalized spacial score (nSPS) is 29.8. The molecule has 3 heteroatoms. The zero-order valence-electron chi connectivity index (χ0n) is 13.1. The highest BCUT2D eigenvalue weighted by Crippen LogP contribution is 2.35. The summed E-state index contributed by atoms with van der Waals surface area (Å²) < 4.78 is 6.18. The Hall–Kier alpha value is -0.120. The van der Waals surface area contributed by atoms with E-state index in [0.29, 0.717) is 6.10 Å². The third-order valence-corrected chi connectivity index (χ3v) is 5.19. The molecule has 1 aliphatic carbocycles. The Bertz CT molecular complexity index is 284. The number of hydrogen-bond donors (Lipinski definition) is 1. The van der Waals surface area contributed by atoms with Gasteiger partial charge in [0, 0.05) is 18.6 Å². The average Bonchev–Trinajstić information content (AvgIpc) is 2.76. The van der Waals surface area contributed by atoms with E-state index in [0.717, 1.165) is 19.6 Å². The van der Waals surface area contributed by atoms with Crippen molar-refractivity contribution in [3.63, 3.8) is 0 Å². The van der Waals surface area contributed by atoms with Crippen molar-refractivity contribution >= 4 is 0 Å². The van der Waals surface area contributed by atoms with Gasteiger partial charge in [-0.1, -0.05) is 26.2 Å². The molecule has 19 heavy (non-hydrogen) atoms. The van der Waals surface area contributed by atoms with Crippen LogP contribution in [0.25, 0.3) is 0 Å². The second-order valence-corrected chi connectivity index (χ2v) is 7.07. The molecule has 0 radical (unpaired) electrons. The van der Waals surface area contributed by atoms with Gasteiger partial charge in [0.2, 0.25) is 0 Å². The van der Waals surface area contributed by atoms with Gasteiger partial charge in [-0.15, -0.1) is 0 Å². The summed E-state index contributed by atoms with van der Waals surface area (Å²) in [7, 11) is 0. The van der Waals surface area contributed by atoms with Crippen LogP contribution in [-0.2, 0) is 4.74 Å². The maximum Gasteiger partial charge on any atom is 0.0710 e. The number of nitrogens with two attached hydrogens (primary N) is 1. The molecule has 112 valence electrons. The van der Waals surface area contributed by atoms with Crippen LogP contribution in [0.3, 0.4) is 0 Å². The molecule has 2 aliphatic rings. The van der Waals surface area contributed by atoms with Gasteiger partial charge in [0.15, 0.2) is 0 Å². The molecule has 1 saturated carbocycles. The Balaban J connectivity index is 1.98. The topological polar surface area (TPSA) is 38.5 Å². The number of rotatable bonds is 5. The number of nitrogens with zero attached hydrogens (tertiary/aromatic N) is 1. The lowest BCUT2D eigenvalue weighted by Crippen LogP contribution is -2.56. The lowest BCUT2D eigenvalue weighted by Gasteiger charge is -2.46. The van der Waals surface area contributed by atoms with Gasteiger partial charge in [0.25, 0.3) is 0 Å². The zero-order chi connectivity index (χ0) is 13.9. The summed E-state index contributed by atoms with van der Waals surface area (Å²) in [4.78, 5) is 2.62. The van der Waals surface area contributed by atoms with E-state index in [9.17, 15) is 0 Å². The second-order valence-electron chi connectivity index (χ2n) is 7.07. The van der Waals surface area contributed by atoms with E-state index in [2.05, 4.69) is 25.7 Å². The lowest BCUT2D eigenvalue weighted by molar-refractivity contribution is -0.0494. The summed E-state index contributed by atoms with van der Waals surface area (Å²) in [5.74, 6) is 0. The minimum absolute atomic E-state index is 0.0759. The first-order chi connectivity index (χ1) is 9.01. The highest BCUT2D eigenvalue weighted by molar-refractivity contribution is 4.95. The summed E-state index contributed by atoms with van der Waals surface area (Å²) in [5.41, 5.74) is 6.49. The average molecular weight is 268 g/mol. The molecule has 1 heterocycles. The first-order valence-corrected chi connectivity index (χ1v) is 8.14. The van der Waals surface area contributed by atoms with Gasteiger partial charge in [-0.2, -0.15) is 0 Å². The predicted molar refractivity (Wildman–Crippen MR) is 80.3 cm³/mol. The summed E-state index contributed by atoms with van der Waals surface area (Å²) in [6.07, 6.45) is 9.39. The fraction of sp³-hybridized carbons (Fsp3) is 1.00. The molecule has 1 saturated heterocycles. The Morgan fingerprint density at radius 3 is 2.32 bits per heavy atom. The largest absolute Gasteiger partial charge is 0.371 e. The SMILES string of the molecule is CCN(CC1CCC(C)(C)O1)C1(CN)CCCCC1. The van der Waals surface area contributed by atoms with Gasteiger partial charge in [0.1, 0.15) is 0 Å². The van der Waals surface area contributed by atoms with E-state index in [1.165, 1.54) is 44.9 Å². The van der Waals surface area contributed by atoms with Crippen LogP contribution < -0.4 is 5.73 Å². The third kappa shape index (κ3) is 3.50. The molecule has 2 fully saturated rings. The van der Waals surface area contributed by atoms with E-state index in [1.54, 1.807) is 0 Å². The fourth-order valence-corrected chi connectivity index (χ4v) is 3.97. The van der Waals surface area contributed by atoms with Crippen LogP contribution >= 0.6 is 0 Å². The summed E-state index contributed by atoms with van der Waals surface area (Å²) in [5, 5.41) is 0. The van der Waals surface area contributed by atoms with E-state index >= 15 is 0 Å². The molecule has 0 aromatic heterocycles.